The zero-order valence-electron chi connectivity index (χ0n) is 16.1. The monoisotopic (exact) mass is 395 g/mol. The molecule has 1 heterocycles. The Labute approximate surface area is 167 Å². The summed E-state index contributed by atoms with van der Waals surface area (Å²) >= 11 is 1.19. The van der Waals surface area contributed by atoms with Gasteiger partial charge in [-0.15, -0.1) is 10.2 Å². The normalized spacial score (nSPS) is 11.9. The average molecular weight is 395 g/mol. The number of hydrogen-bond donors (Lipinski definition) is 1. The van der Waals surface area contributed by atoms with E-state index in [1.54, 1.807) is 31.2 Å². The van der Waals surface area contributed by atoms with Gasteiger partial charge in [0, 0.05) is 16.8 Å². The first-order chi connectivity index (χ1) is 13.3. The molecule has 1 atom stereocenters. The third-order valence-corrected chi connectivity index (χ3v) is 4.99. The van der Waals surface area contributed by atoms with Gasteiger partial charge in [0.15, 0.2) is 5.78 Å². The maximum Gasteiger partial charge on any atom is 0.277 e. The van der Waals surface area contributed by atoms with Gasteiger partial charge in [-0.2, -0.15) is 0 Å². The van der Waals surface area contributed by atoms with Gasteiger partial charge in [-0.25, -0.2) is 0 Å². The van der Waals surface area contributed by atoms with Crippen LogP contribution in [0.1, 0.15) is 35.3 Å². The molecule has 1 amide bonds. The van der Waals surface area contributed by atoms with Crippen molar-refractivity contribution in [2.24, 2.45) is 0 Å². The quantitative estimate of drug-likeness (QED) is 0.482. The van der Waals surface area contributed by atoms with E-state index in [4.69, 9.17) is 4.42 Å². The standard InChI is InChI=1S/C21H21N3O3S/c1-12-8-13(2)10-17(9-12)20-23-24-21(27-20)28-15(4)19(26)22-18-7-5-6-16(11-18)14(3)25/h5-11,15H,1-4H3,(H,22,26). The fourth-order valence-electron chi connectivity index (χ4n) is 2.74. The number of benzene rings is 2. The highest BCUT2D eigenvalue weighted by molar-refractivity contribution is 8.00. The van der Waals surface area contributed by atoms with Crippen LogP contribution in [0.5, 0.6) is 0 Å². The summed E-state index contributed by atoms with van der Waals surface area (Å²) in [7, 11) is 0. The van der Waals surface area contributed by atoms with Crippen LogP contribution >= 0.6 is 11.8 Å². The Kier molecular flexibility index (Phi) is 5.94. The van der Waals surface area contributed by atoms with E-state index >= 15 is 0 Å². The molecule has 0 aliphatic carbocycles. The van der Waals surface area contributed by atoms with Crippen LogP contribution in [0.25, 0.3) is 11.5 Å². The van der Waals surface area contributed by atoms with Crippen molar-refractivity contribution in [3.05, 3.63) is 59.2 Å². The lowest BCUT2D eigenvalue weighted by atomic mass is 10.1. The lowest BCUT2D eigenvalue weighted by Gasteiger charge is -2.10. The van der Waals surface area contributed by atoms with Crippen LogP contribution in [-0.2, 0) is 4.79 Å². The molecule has 2 aromatic carbocycles. The number of hydrogen-bond acceptors (Lipinski definition) is 6. The van der Waals surface area contributed by atoms with Crippen LogP contribution in [-0.4, -0.2) is 27.1 Å². The fourth-order valence-corrected chi connectivity index (χ4v) is 3.42. The molecule has 0 aliphatic rings. The molecule has 1 N–H and O–H groups in total. The number of anilines is 1. The van der Waals surface area contributed by atoms with Gasteiger partial charge in [-0.1, -0.05) is 41.1 Å². The summed E-state index contributed by atoms with van der Waals surface area (Å²) in [4.78, 5) is 23.9. The first kappa shape index (κ1) is 19.8. The molecule has 0 spiro atoms. The Balaban J connectivity index is 1.67. The zero-order valence-corrected chi connectivity index (χ0v) is 17.0. The van der Waals surface area contributed by atoms with Gasteiger partial charge in [-0.05, 0) is 52.0 Å². The summed E-state index contributed by atoms with van der Waals surface area (Å²) in [6.07, 6.45) is 0. The molecule has 0 fully saturated rings. The van der Waals surface area contributed by atoms with Gasteiger partial charge < -0.3 is 9.73 Å². The molecule has 144 valence electrons. The van der Waals surface area contributed by atoms with Crippen molar-refractivity contribution in [1.29, 1.82) is 0 Å². The van der Waals surface area contributed by atoms with E-state index in [0.29, 0.717) is 22.4 Å². The van der Waals surface area contributed by atoms with E-state index in [1.807, 2.05) is 26.0 Å². The summed E-state index contributed by atoms with van der Waals surface area (Å²) in [6.45, 7) is 7.27. The lowest BCUT2D eigenvalue weighted by molar-refractivity contribution is -0.115. The Morgan fingerprint density at radius 1 is 1.07 bits per heavy atom. The molecular weight excluding hydrogens is 374 g/mol. The number of carbonyl (C=O) groups excluding carboxylic acids is 2. The zero-order chi connectivity index (χ0) is 20.3. The molecule has 0 bridgehead atoms. The summed E-state index contributed by atoms with van der Waals surface area (Å²) < 4.78 is 5.72. The topological polar surface area (TPSA) is 85.1 Å². The number of nitrogens with zero attached hydrogens (tertiary/aromatic N) is 2. The largest absolute Gasteiger partial charge is 0.411 e. The van der Waals surface area contributed by atoms with Crippen LogP contribution < -0.4 is 5.32 Å². The number of rotatable bonds is 6. The minimum Gasteiger partial charge on any atom is -0.411 e. The number of aromatic nitrogens is 2. The Morgan fingerprint density at radius 2 is 1.79 bits per heavy atom. The predicted octanol–water partition coefficient (Wildman–Crippen LogP) is 4.68. The van der Waals surface area contributed by atoms with Crippen molar-refractivity contribution in [1.82, 2.24) is 10.2 Å². The van der Waals surface area contributed by atoms with Gasteiger partial charge in [0.1, 0.15) is 0 Å². The minimum atomic E-state index is -0.450. The van der Waals surface area contributed by atoms with E-state index in [9.17, 15) is 9.59 Å². The summed E-state index contributed by atoms with van der Waals surface area (Å²) in [6, 6.07) is 12.9. The summed E-state index contributed by atoms with van der Waals surface area (Å²) in [5, 5.41) is 10.8. The summed E-state index contributed by atoms with van der Waals surface area (Å²) in [5.41, 5.74) is 4.21. The number of amides is 1. The number of aryl methyl sites for hydroxylation is 2. The highest BCUT2D eigenvalue weighted by Crippen LogP contribution is 2.27. The molecule has 28 heavy (non-hydrogen) atoms. The summed E-state index contributed by atoms with van der Waals surface area (Å²) in [5.74, 6) is 0.163. The highest BCUT2D eigenvalue weighted by Gasteiger charge is 2.19. The average Bonchev–Trinajstić information content (AvgIpc) is 3.09. The van der Waals surface area contributed by atoms with Crippen LogP contribution in [0, 0.1) is 13.8 Å². The third-order valence-electron chi connectivity index (χ3n) is 4.06. The second-order valence-corrected chi connectivity index (χ2v) is 7.93. The fraction of sp³-hybridized carbons (Fsp3) is 0.238. The molecule has 1 unspecified atom stereocenters. The van der Waals surface area contributed by atoms with Crippen molar-refractivity contribution in [3.8, 4) is 11.5 Å². The second kappa shape index (κ2) is 8.39. The molecule has 0 radical (unpaired) electrons. The van der Waals surface area contributed by atoms with Crippen molar-refractivity contribution in [3.63, 3.8) is 0 Å². The maximum atomic E-state index is 12.5. The third kappa shape index (κ3) is 4.86. The van der Waals surface area contributed by atoms with E-state index < -0.39 is 5.25 Å². The van der Waals surface area contributed by atoms with E-state index in [2.05, 4.69) is 21.6 Å². The smallest absolute Gasteiger partial charge is 0.277 e. The first-order valence-electron chi connectivity index (χ1n) is 8.82. The number of ketones is 1. The number of nitrogens with one attached hydrogen (secondary N) is 1. The lowest BCUT2D eigenvalue weighted by Crippen LogP contribution is -2.22. The van der Waals surface area contributed by atoms with Crippen molar-refractivity contribution in [2.75, 3.05) is 5.32 Å². The maximum absolute atomic E-state index is 12.5. The van der Waals surface area contributed by atoms with Crippen molar-refractivity contribution in [2.45, 2.75) is 38.2 Å². The molecular formula is C21H21N3O3S. The van der Waals surface area contributed by atoms with Gasteiger partial charge >= 0.3 is 0 Å². The van der Waals surface area contributed by atoms with Gasteiger partial charge in [0.25, 0.3) is 5.22 Å². The van der Waals surface area contributed by atoms with E-state index in [1.165, 1.54) is 18.7 Å². The molecule has 0 saturated carbocycles. The Hall–Kier alpha value is -2.93. The van der Waals surface area contributed by atoms with E-state index in [0.717, 1.165) is 16.7 Å². The molecule has 6 nitrogen and oxygen atoms in total. The highest BCUT2D eigenvalue weighted by atomic mass is 32.2. The predicted molar refractivity (Wildman–Crippen MR) is 110 cm³/mol. The first-order valence-corrected chi connectivity index (χ1v) is 9.70. The number of Topliss-reactive ketones (excluding diaryl/α,β-unsaturated/α-hetero) is 1. The molecule has 3 rings (SSSR count). The Bertz CT molecular complexity index is 1010. The van der Waals surface area contributed by atoms with Crippen molar-refractivity contribution >= 4 is 29.1 Å². The minimum absolute atomic E-state index is 0.0525. The second-order valence-electron chi connectivity index (χ2n) is 6.64. The molecule has 3 aromatic rings. The molecule has 0 saturated heterocycles. The van der Waals surface area contributed by atoms with Gasteiger partial charge in [0.2, 0.25) is 11.8 Å². The molecule has 1 aromatic heterocycles. The van der Waals surface area contributed by atoms with Crippen molar-refractivity contribution < 1.29 is 14.0 Å². The number of thioether (sulfide) groups is 1. The number of carbonyl (C=O) groups is 2. The van der Waals surface area contributed by atoms with E-state index in [-0.39, 0.29) is 11.7 Å². The van der Waals surface area contributed by atoms with Crippen LogP contribution in [0.15, 0.2) is 52.1 Å². The SMILES string of the molecule is CC(=O)c1cccc(NC(=O)C(C)Sc2nnc(-c3cc(C)cc(C)c3)o2)c1. The Morgan fingerprint density at radius 3 is 2.46 bits per heavy atom. The van der Waals surface area contributed by atoms with Gasteiger partial charge in [0.05, 0.1) is 5.25 Å². The van der Waals surface area contributed by atoms with Crippen LogP contribution in [0.4, 0.5) is 5.69 Å². The van der Waals surface area contributed by atoms with Crippen LogP contribution in [0.2, 0.25) is 0 Å². The molecule has 0 aliphatic heterocycles. The van der Waals surface area contributed by atoms with Crippen LogP contribution in [0.3, 0.4) is 0 Å². The van der Waals surface area contributed by atoms with Gasteiger partial charge in [-0.3, -0.25) is 9.59 Å². The molecule has 7 heteroatoms.